The molecule has 0 bridgehead atoms. The lowest BCUT2D eigenvalue weighted by molar-refractivity contribution is -0.929. The normalized spacial score (nSPS) is 11.5. The quantitative estimate of drug-likeness (QED) is 0.0606. The van der Waals surface area contributed by atoms with Crippen molar-refractivity contribution in [1.82, 2.24) is 0 Å². The Hall–Kier alpha value is -2.49. The zero-order chi connectivity index (χ0) is 50.5. The molecular formula is C57H111N3O6. The number of benzene rings is 1. The highest BCUT2D eigenvalue weighted by Crippen LogP contribution is 2.19. The molecule has 0 fully saturated rings. The van der Waals surface area contributed by atoms with E-state index in [2.05, 4.69) is 83.1 Å². The molecule has 0 aromatic heterocycles. The second kappa shape index (κ2) is 45.0. The van der Waals surface area contributed by atoms with Crippen LogP contribution in [0.15, 0.2) is 18.2 Å². The van der Waals surface area contributed by atoms with Gasteiger partial charge in [-0.2, -0.15) is 0 Å². The van der Waals surface area contributed by atoms with E-state index in [1.807, 2.05) is 0 Å². The monoisotopic (exact) mass is 934 g/mol. The maximum atomic E-state index is 10.5. The number of aromatic carboxylic acids is 3. The Morgan fingerprint density at radius 3 is 0.621 bits per heavy atom. The minimum Gasteiger partial charge on any atom is -0.545 e. The summed E-state index contributed by atoms with van der Waals surface area (Å²) in [6.07, 6.45) is 33.2. The first kappa shape index (κ1) is 67.8. The molecular weight excluding hydrogens is 823 g/mol. The third kappa shape index (κ3) is 33.1. The first-order valence-corrected chi connectivity index (χ1v) is 28.0. The van der Waals surface area contributed by atoms with E-state index in [-0.39, 0.29) is 0 Å². The molecule has 9 heteroatoms. The van der Waals surface area contributed by atoms with Gasteiger partial charge >= 0.3 is 0 Å². The molecule has 0 radical (unpaired) electrons. The molecule has 1 rings (SSSR count). The maximum absolute atomic E-state index is 10.5. The van der Waals surface area contributed by atoms with Gasteiger partial charge in [0.1, 0.15) is 0 Å². The number of rotatable bonds is 39. The Labute approximate surface area is 410 Å². The maximum Gasteiger partial charge on any atom is 0.0786 e. The van der Waals surface area contributed by atoms with Crippen molar-refractivity contribution in [2.24, 2.45) is 0 Å². The predicted octanol–water partition coefficient (Wildman–Crippen LogP) is 11.8. The van der Waals surface area contributed by atoms with E-state index in [4.69, 9.17) is 0 Å². The number of hydrogen-bond acceptors (Lipinski definition) is 6. The van der Waals surface area contributed by atoms with Crippen LogP contribution in [-0.2, 0) is 0 Å². The van der Waals surface area contributed by atoms with Crippen LogP contribution in [-0.4, -0.2) is 110 Å². The average molecular weight is 935 g/mol. The van der Waals surface area contributed by atoms with Gasteiger partial charge in [0.25, 0.3) is 0 Å². The summed E-state index contributed by atoms with van der Waals surface area (Å²) in [6.45, 7) is 45.1. The number of carbonyl (C=O) groups excluding carboxylic acids is 3. The first-order valence-electron chi connectivity index (χ1n) is 28.0. The molecule has 0 spiro atoms. The van der Waals surface area contributed by atoms with Crippen molar-refractivity contribution in [2.75, 3.05) is 78.5 Å². The highest BCUT2D eigenvalue weighted by Gasteiger charge is 2.27. The van der Waals surface area contributed by atoms with Crippen LogP contribution in [0.2, 0.25) is 0 Å². The van der Waals surface area contributed by atoms with Gasteiger partial charge in [-0.05, 0) is 88.7 Å². The van der Waals surface area contributed by atoms with Crippen LogP contribution >= 0.6 is 0 Å². The van der Waals surface area contributed by atoms with Gasteiger partial charge in [-0.1, -0.05) is 172 Å². The molecule has 0 heterocycles. The largest absolute Gasteiger partial charge is 0.545 e. The Morgan fingerprint density at radius 2 is 0.485 bits per heavy atom. The lowest BCUT2D eigenvalue weighted by atomic mass is 10.0. The highest BCUT2D eigenvalue weighted by atomic mass is 16.4. The highest BCUT2D eigenvalue weighted by molar-refractivity contribution is 6.02. The van der Waals surface area contributed by atoms with E-state index in [1.165, 1.54) is 246 Å². The molecule has 9 nitrogen and oxygen atoms in total. The summed E-state index contributed by atoms with van der Waals surface area (Å²) in [5.41, 5.74) is -1.84. The van der Waals surface area contributed by atoms with Crippen molar-refractivity contribution in [2.45, 2.75) is 237 Å². The summed E-state index contributed by atoms with van der Waals surface area (Å²) in [6, 6.07) is 2.37. The van der Waals surface area contributed by atoms with Crippen LogP contribution in [0.25, 0.3) is 0 Å². The summed E-state index contributed by atoms with van der Waals surface area (Å²) in [4.78, 5) is 31.3. The molecule has 0 unspecified atom stereocenters. The van der Waals surface area contributed by atoms with Crippen LogP contribution in [0.1, 0.15) is 268 Å². The number of carboxylic acids is 3. The SMILES string of the molecule is CCCC[N+](CCCC)(CCCC)CCCC.CCCC[N+](CCCC)(CCCC)CCCC.CCCC[N+](CCCC)(CCCC)CCCC.O=C([O-])c1ccc(C(=O)[O-])c(C(=O)[O-])c1. The molecule has 1 aromatic carbocycles. The molecule has 0 aliphatic rings. The van der Waals surface area contributed by atoms with E-state index in [1.54, 1.807) is 0 Å². The molecule has 390 valence electrons. The molecule has 0 saturated carbocycles. The topological polar surface area (TPSA) is 120 Å². The zero-order valence-corrected chi connectivity index (χ0v) is 46.0. The van der Waals surface area contributed by atoms with Gasteiger partial charge in [-0.25, -0.2) is 0 Å². The summed E-state index contributed by atoms with van der Waals surface area (Å²) >= 11 is 0. The third-order valence-corrected chi connectivity index (χ3v) is 13.5. The average Bonchev–Trinajstić information content (AvgIpc) is 3.32. The van der Waals surface area contributed by atoms with Crippen LogP contribution in [0, 0.1) is 0 Å². The predicted molar refractivity (Wildman–Crippen MR) is 278 cm³/mol. The molecule has 0 N–H and O–H groups in total. The fraction of sp³-hybridized carbons (Fsp3) is 0.842. The Bertz CT molecular complexity index is 1090. The minimum atomic E-state index is -1.79. The van der Waals surface area contributed by atoms with Gasteiger partial charge in [0.2, 0.25) is 0 Å². The number of hydrogen-bond donors (Lipinski definition) is 0. The van der Waals surface area contributed by atoms with Crippen LogP contribution in [0.4, 0.5) is 0 Å². The van der Waals surface area contributed by atoms with Crippen LogP contribution in [0.3, 0.4) is 0 Å². The van der Waals surface area contributed by atoms with E-state index >= 15 is 0 Å². The standard InChI is InChI=1S/3C16H36N.C9H6O6/c3*1-5-9-13-17(14-10-6-2,15-11-7-3)16-12-8-4;10-7(11)4-1-2-5(8(12)13)6(3-4)9(14)15/h3*5-16H2,1-4H3;1-3H,(H,10,11)(H,12,13)(H,14,15)/q3*+1;/p-3. The lowest BCUT2D eigenvalue weighted by Gasteiger charge is -2.39. The van der Waals surface area contributed by atoms with Crippen molar-refractivity contribution in [1.29, 1.82) is 0 Å². The summed E-state index contributed by atoms with van der Waals surface area (Å²) < 4.78 is 4.26. The molecule has 0 saturated heterocycles. The van der Waals surface area contributed by atoms with Crippen LogP contribution in [0.5, 0.6) is 0 Å². The molecule has 0 amide bonds. The summed E-state index contributed by atoms with van der Waals surface area (Å²) in [5.74, 6) is -5.13. The molecule has 0 aliphatic heterocycles. The molecule has 66 heavy (non-hydrogen) atoms. The number of unbranched alkanes of at least 4 members (excludes halogenated alkanes) is 12. The molecule has 0 atom stereocenters. The van der Waals surface area contributed by atoms with E-state index in [0.717, 1.165) is 12.1 Å². The van der Waals surface area contributed by atoms with Gasteiger partial charge in [-0.3, -0.25) is 0 Å². The van der Waals surface area contributed by atoms with Gasteiger partial charge in [-0.15, -0.1) is 0 Å². The van der Waals surface area contributed by atoms with Crippen LogP contribution < -0.4 is 15.3 Å². The third-order valence-electron chi connectivity index (χ3n) is 13.5. The first-order chi connectivity index (χ1) is 31.7. The number of quaternary nitrogens is 3. The summed E-state index contributed by atoms with van der Waals surface area (Å²) in [5, 5.41) is 31.3. The second-order valence-corrected chi connectivity index (χ2v) is 19.6. The number of carbonyl (C=O) groups is 3. The van der Waals surface area contributed by atoms with Gasteiger partial charge in [0, 0.05) is 11.1 Å². The van der Waals surface area contributed by atoms with Crippen molar-refractivity contribution in [3.8, 4) is 0 Å². The van der Waals surface area contributed by atoms with Crippen molar-refractivity contribution in [3.05, 3.63) is 34.9 Å². The Balaban J connectivity index is -0.000000802. The van der Waals surface area contributed by atoms with Crippen molar-refractivity contribution < 1.29 is 43.2 Å². The van der Waals surface area contributed by atoms with Gasteiger partial charge in [0.05, 0.1) is 96.4 Å². The van der Waals surface area contributed by atoms with Gasteiger partial charge in [0.15, 0.2) is 0 Å². The molecule has 0 aliphatic carbocycles. The Morgan fingerprint density at radius 1 is 0.303 bits per heavy atom. The number of nitrogens with zero attached hydrogens (tertiary/aromatic N) is 3. The fourth-order valence-electron chi connectivity index (χ4n) is 8.95. The zero-order valence-electron chi connectivity index (χ0n) is 46.0. The smallest absolute Gasteiger partial charge is 0.0786 e. The second-order valence-electron chi connectivity index (χ2n) is 19.6. The van der Waals surface area contributed by atoms with Gasteiger partial charge < -0.3 is 43.2 Å². The lowest BCUT2D eigenvalue weighted by Crippen LogP contribution is -2.50. The van der Waals surface area contributed by atoms with Crippen molar-refractivity contribution in [3.63, 3.8) is 0 Å². The fourth-order valence-corrected chi connectivity index (χ4v) is 8.95. The molecule has 1 aromatic rings. The minimum absolute atomic E-state index is 0.445. The van der Waals surface area contributed by atoms with E-state index < -0.39 is 34.6 Å². The Kier molecular flexibility index (Phi) is 46.2. The van der Waals surface area contributed by atoms with E-state index in [9.17, 15) is 29.7 Å². The number of carboxylic acid groups (broad SMARTS) is 3. The summed E-state index contributed by atoms with van der Waals surface area (Å²) in [7, 11) is 0. The van der Waals surface area contributed by atoms with E-state index in [0.29, 0.717) is 6.07 Å². The van der Waals surface area contributed by atoms with Crippen molar-refractivity contribution >= 4 is 17.9 Å².